The zero-order valence-electron chi connectivity index (χ0n) is 8.47. The minimum Gasteiger partial charge on any atom is -0.398 e. The molecule has 76 valence electrons. The van der Waals surface area contributed by atoms with Crippen LogP contribution in [0.4, 0.5) is 5.69 Å². The zero-order chi connectivity index (χ0) is 10.7. The van der Waals surface area contributed by atoms with Crippen LogP contribution in [-0.2, 0) is 0 Å². The highest BCUT2D eigenvalue weighted by Gasteiger charge is 2.04. The third-order valence-electron chi connectivity index (χ3n) is 2.11. The standard InChI is InChI=1S/C12H12N2S/c1-9-3-2-4-11(13)12(9)15-10-5-7-14-8-6-10/h2-8H,13H2,1H3. The summed E-state index contributed by atoms with van der Waals surface area (Å²) in [6.07, 6.45) is 3.58. The summed E-state index contributed by atoms with van der Waals surface area (Å²) in [5, 5.41) is 0. The van der Waals surface area contributed by atoms with Crippen LogP contribution in [-0.4, -0.2) is 4.98 Å². The van der Waals surface area contributed by atoms with Gasteiger partial charge in [-0.3, -0.25) is 4.98 Å². The number of hydrogen-bond acceptors (Lipinski definition) is 3. The Hall–Kier alpha value is -1.48. The van der Waals surface area contributed by atoms with Crippen molar-refractivity contribution < 1.29 is 0 Å². The van der Waals surface area contributed by atoms with Gasteiger partial charge in [-0.25, -0.2) is 0 Å². The predicted octanol–water partition coefficient (Wildman–Crippen LogP) is 3.12. The summed E-state index contributed by atoms with van der Waals surface area (Å²) in [7, 11) is 0. The minimum atomic E-state index is 0.830. The van der Waals surface area contributed by atoms with Crippen molar-refractivity contribution in [2.24, 2.45) is 0 Å². The molecule has 0 radical (unpaired) electrons. The Morgan fingerprint density at radius 2 is 1.87 bits per heavy atom. The summed E-state index contributed by atoms with van der Waals surface area (Å²) in [4.78, 5) is 6.27. The molecule has 0 spiro atoms. The summed E-state index contributed by atoms with van der Waals surface area (Å²) >= 11 is 1.68. The van der Waals surface area contributed by atoms with E-state index in [1.165, 1.54) is 5.56 Å². The lowest BCUT2D eigenvalue weighted by atomic mass is 10.2. The summed E-state index contributed by atoms with van der Waals surface area (Å²) in [6, 6.07) is 9.94. The van der Waals surface area contributed by atoms with Gasteiger partial charge in [0.15, 0.2) is 0 Å². The fourth-order valence-corrected chi connectivity index (χ4v) is 2.25. The number of pyridine rings is 1. The molecular weight excluding hydrogens is 204 g/mol. The van der Waals surface area contributed by atoms with Crippen LogP contribution in [0.25, 0.3) is 0 Å². The van der Waals surface area contributed by atoms with Gasteiger partial charge in [0.2, 0.25) is 0 Å². The van der Waals surface area contributed by atoms with Gasteiger partial charge in [0.05, 0.1) is 0 Å². The maximum absolute atomic E-state index is 5.93. The van der Waals surface area contributed by atoms with Crippen molar-refractivity contribution in [3.05, 3.63) is 48.3 Å². The number of nitrogens with two attached hydrogens (primary N) is 1. The first-order valence-electron chi connectivity index (χ1n) is 4.70. The molecule has 0 saturated heterocycles. The molecule has 0 unspecified atom stereocenters. The van der Waals surface area contributed by atoms with Crippen molar-refractivity contribution in [3.8, 4) is 0 Å². The van der Waals surface area contributed by atoms with E-state index in [0.29, 0.717) is 0 Å². The van der Waals surface area contributed by atoms with Gasteiger partial charge in [-0.05, 0) is 30.7 Å². The lowest BCUT2D eigenvalue weighted by Crippen LogP contribution is -1.90. The fraction of sp³-hybridized carbons (Fsp3) is 0.0833. The number of nitrogens with zero attached hydrogens (tertiary/aromatic N) is 1. The maximum Gasteiger partial charge on any atom is 0.0458 e. The number of nitrogen functional groups attached to an aromatic ring is 1. The zero-order valence-corrected chi connectivity index (χ0v) is 9.29. The highest BCUT2D eigenvalue weighted by molar-refractivity contribution is 7.99. The number of anilines is 1. The van der Waals surface area contributed by atoms with E-state index in [-0.39, 0.29) is 0 Å². The normalized spacial score (nSPS) is 10.2. The molecule has 0 fully saturated rings. The Bertz CT molecular complexity index is 434. The van der Waals surface area contributed by atoms with E-state index in [9.17, 15) is 0 Å². The molecule has 1 aromatic heterocycles. The summed E-state index contributed by atoms with van der Waals surface area (Å²) in [6.45, 7) is 2.07. The van der Waals surface area contributed by atoms with E-state index in [0.717, 1.165) is 15.5 Å². The van der Waals surface area contributed by atoms with Crippen LogP contribution in [0.2, 0.25) is 0 Å². The second-order valence-corrected chi connectivity index (χ2v) is 4.36. The Balaban J connectivity index is 2.32. The first-order chi connectivity index (χ1) is 7.27. The van der Waals surface area contributed by atoms with Crippen molar-refractivity contribution in [1.82, 2.24) is 4.98 Å². The lowest BCUT2D eigenvalue weighted by molar-refractivity contribution is 1.25. The van der Waals surface area contributed by atoms with Gasteiger partial charge in [0.1, 0.15) is 0 Å². The van der Waals surface area contributed by atoms with Gasteiger partial charge in [-0.1, -0.05) is 23.9 Å². The largest absolute Gasteiger partial charge is 0.398 e. The number of aromatic nitrogens is 1. The number of hydrogen-bond donors (Lipinski definition) is 1. The number of aryl methyl sites for hydroxylation is 1. The van der Waals surface area contributed by atoms with Crippen molar-refractivity contribution in [1.29, 1.82) is 0 Å². The fourth-order valence-electron chi connectivity index (χ4n) is 1.34. The molecule has 0 aliphatic rings. The highest BCUT2D eigenvalue weighted by atomic mass is 32.2. The molecule has 0 aliphatic carbocycles. The van der Waals surface area contributed by atoms with Gasteiger partial charge in [-0.15, -0.1) is 0 Å². The molecule has 2 rings (SSSR count). The molecule has 2 nitrogen and oxygen atoms in total. The third kappa shape index (κ3) is 2.30. The molecule has 1 heterocycles. The Morgan fingerprint density at radius 3 is 2.53 bits per heavy atom. The van der Waals surface area contributed by atoms with E-state index in [1.807, 2.05) is 24.3 Å². The van der Waals surface area contributed by atoms with Crippen molar-refractivity contribution in [3.63, 3.8) is 0 Å². The molecule has 0 aliphatic heterocycles. The van der Waals surface area contributed by atoms with Crippen LogP contribution in [0.15, 0.2) is 52.5 Å². The van der Waals surface area contributed by atoms with E-state index >= 15 is 0 Å². The van der Waals surface area contributed by atoms with E-state index in [4.69, 9.17) is 5.73 Å². The topological polar surface area (TPSA) is 38.9 Å². The monoisotopic (exact) mass is 216 g/mol. The molecule has 2 aromatic rings. The summed E-state index contributed by atoms with van der Waals surface area (Å²) in [5.74, 6) is 0. The summed E-state index contributed by atoms with van der Waals surface area (Å²) in [5.41, 5.74) is 7.97. The molecule has 3 heteroatoms. The van der Waals surface area contributed by atoms with Crippen LogP contribution in [0.3, 0.4) is 0 Å². The van der Waals surface area contributed by atoms with Crippen LogP contribution in [0.1, 0.15) is 5.56 Å². The Labute approximate surface area is 93.5 Å². The van der Waals surface area contributed by atoms with Gasteiger partial charge < -0.3 is 5.73 Å². The van der Waals surface area contributed by atoms with Gasteiger partial charge in [-0.2, -0.15) is 0 Å². The molecule has 0 saturated carbocycles. The van der Waals surface area contributed by atoms with Gasteiger partial charge >= 0.3 is 0 Å². The van der Waals surface area contributed by atoms with Crippen LogP contribution < -0.4 is 5.73 Å². The molecule has 0 amide bonds. The average molecular weight is 216 g/mol. The predicted molar refractivity (Wildman–Crippen MR) is 64.0 cm³/mol. The quantitative estimate of drug-likeness (QED) is 0.784. The van der Waals surface area contributed by atoms with Crippen molar-refractivity contribution >= 4 is 17.4 Å². The average Bonchev–Trinajstić information content (AvgIpc) is 2.25. The minimum absolute atomic E-state index is 0.830. The molecule has 0 bridgehead atoms. The molecule has 2 N–H and O–H groups in total. The van der Waals surface area contributed by atoms with E-state index < -0.39 is 0 Å². The second-order valence-electron chi connectivity index (χ2n) is 3.28. The van der Waals surface area contributed by atoms with Crippen molar-refractivity contribution in [2.45, 2.75) is 16.7 Å². The van der Waals surface area contributed by atoms with E-state index in [1.54, 1.807) is 24.2 Å². The third-order valence-corrected chi connectivity index (χ3v) is 3.38. The highest BCUT2D eigenvalue weighted by Crippen LogP contribution is 2.33. The van der Waals surface area contributed by atoms with Crippen LogP contribution >= 0.6 is 11.8 Å². The van der Waals surface area contributed by atoms with Crippen molar-refractivity contribution in [2.75, 3.05) is 5.73 Å². The summed E-state index contributed by atoms with van der Waals surface area (Å²) < 4.78 is 0. The molecule has 1 aromatic carbocycles. The smallest absolute Gasteiger partial charge is 0.0458 e. The van der Waals surface area contributed by atoms with Crippen LogP contribution in [0, 0.1) is 6.92 Å². The second kappa shape index (κ2) is 4.36. The van der Waals surface area contributed by atoms with Crippen LogP contribution in [0.5, 0.6) is 0 Å². The SMILES string of the molecule is Cc1cccc(N)c1Sc1ccncc1. The number of benzene rings is 1. The first kappa shape index (κ1) is 10.1. The Kier molecular flexibility index (Phi) is 2.92. The Morgan fingerprint density at radius 1 is 1.13 bits per heavy atom. The molecule has 0 atom stereocenters. The molecular formula is C12H12N2S. The number of rotatable bonds is 2. The molecule has 15 heavy (non-hydrogen) atoms. The van der Waals surface area contributed by atoms with Gasteiger partial charge in [0.25, 0.3) is 0 Å². The maximum atomic E-state index is 5.93. The van der Waals surface area contributed by atoms with E-state index in [2.05, 4.69) is 18.0 Å². The lowest BCUT2D eigenvalue weighted by Gasteiger charge is -2.08. The van der Waals surface area contributed by atoms with Gasteiger partial charge in [0, 0.05) is 27.9 Å². The first-order valence-corrected chi connectivity index (χ1v) is 5.52.